The van der Waals surface area contributed by atoms with Crippen LogP contribution in [0, 0.1) is 5.82 Å². The first kappa shape index (κ1) is 15.4. The number of hydrogen-bond donors (Lipinski definition) is 2. The Balaban J connectivity index is 1.77. The van der Waals surface area contributed by atoms with Crippen LogP contribution in [0.25, 0.3) is 10.8 Å². The summed E-state index contributed by atoms with van der Waals surface area (Å²) in [6.07, 6.45) is 0. The van der Waals surface area contributed by atoms with E-state index in [-0.39, 0.29) is 11.9 Å². The molecule has 3 rings (SSSR count). The molecule has 4 heteroatoms. The van der Waals surface area contributed by atoms with Crippen molar-refractivity contribution in [2.75, 3.05) is 5.32 Å². The van der Waals surface area contributed by atoms with Crippen LogP contribution in [0.2, 0.25) is 0 Å². The molecular weight excluding hydrogens is 307 g/mol. The van der Waals surface area contributed by atoms with Gasteiger partial charge in [-0.3, -0.25) is 0 Å². The third kappa shape index (κ3) is 3.48. The number of halogens is 1. The second kappa shape index (κ2) is 6.75. The molecular formula is C19H17FN2S. The van der Waals surface area contributed by atoms with Gasteiger partial charge in [-0.25, -0.2) is 4.39 Å². The van der Waals surface area contributed by atoms with E-state index in [9.17, 15) is 4.39 Å². The Bertz CT molecular complexity index is 842. The van der Waals surface area contributed by atoms with E-state index < -0.39 is 0 Å². The number of hydrogen-bond acceptors (Lipinski definition) is 1. The highest BCUT2D eigenvalue weighted by Crippen LogP contribution is 2.24. The van der Waals surface area contributed by atoms with Gasteiger partial charge in [-0.15, -0.1) is 0 Å². The Labute approximate surface area is 140 Å². The van der Waals surface area contributed by atoms with Crippen molar-refractivity contribution in [3.8, 4) is 0 Å². The molecule has 0 aromatic heterocycles. The minimum atomic E-state index is -0.325. The minimum absolute atomic E-state index is 0.00729. The quantitative estimate of drug-likeness (QED) is 0.661. The molecule has 2 nitrogen and oxygen atoms in total. The SMILES string of the molecule is C[C@H](NC(=S)Nc1ccccc1F)c1cccc2ccccc12. The summed E-state index contributed by atoms with van der Waals surface area (Å²) < 4.78 is 13.7. The predicted octanol–water partition coefficient (Wildman–Crippen LogP) is 5.03. The summed E-state index contributed by atoms with van der Waals surface area (Å²) in [5, 5.41) is 8.89. The molecule has 0 aliphatic carbocycles. The molecule has 23 heavy (non-hydrogen) atoms. The van der Waals surface area contributed by atoms with Crippen LogP contribution < -0.4 is 10.6 Å². The predicted molar refractivity (Wildman–Crippen MR) is 98.1 cm³/mol. The number of rotatable bonds is 3. The van der Waals surface area contributed by atoms with Gasteiger partial charge in [0.05, 0.1) is 11.7 Å². The van der Waals surface area contributed by atoms with Gasteiger partial charge in [-0.05, 0) is 47.6 Å². The normalized spacial score (nSPS) is 11.9. The Kier molecular flexibility index (Phi) is 4.53. The molecule has 116 valence electrons. The summed E-state index contributed by atoms with van der Waals surface area (Å²) in [6, 6.07) is 20.9. The second-order valence-corrected chi connectivity index (χ2v) is 5.78. The van der Waals surface area contributed by atoms with Crippen LogP contribution >= 0.6 is 12.2 Å². The van der Waals surface area contributed by atoms with E-state index in [1.54, 1.807) is 18.2 Å². The highest BCUT2D eigenvalue weighted by molar-refractivity contribution is 7.80. The smallest absolute Gasteiger partial charge is 0.171 e. The lowest BCUT2D eigenvalue weighted by atomic mass is 10.00. The van der Waals surface area contributed by atoms with E-state index in [2.05, 4.69) is 34.9 Å². The first-order chi connectivity index (χ1) is 11.1. The van der Waals surface area contributed by atoms with Crippen LogP contribution in [0.5, 0.6) is 0 Å². The van der Waals surface area contributed by atoms with Crippen molar-refractivity contribution in [1.82, 2.24) is 5.32 Å². The van der Waals surface area contributed by atoms with Gasteiger partial charge in [0.15, 0.2) is 5.11 Å². The molecule has 0 amide bonds. The van der Waals surface area contributed by atoms with Crippen molar-refractivity contribution in [2.45, 2.75) is 13.0 Å². The molecule has 0 spiro atoms. The van der Waals surface area contributed by atoms with Gasteiger partial charge in [-0.1, -0.05) is 54.6 Å². The van der Waals surface area contributed by atoms with Crippen LogP contribution in [-0.2, 0) is 0 Å². The number of para-hydroxylation sites is 1. The summed E-state index contributed by atoms with van der Waals surface area (Å²) in [4.78, 5) is 0. The van der Waals surface area contributed by atoms with E-state index in [0.29, 0.717) is 10.8 Å². The third-order valence-electron chi connectivity index (χ3n) is 3.76. The standard InChI is InChI=1S/C19H17FN2S/c1-13(15-10-6-8-14-7-2-3-9-16(14)15)21-19(23)22-18-12-5-4-11-17(18)20/h2-13H,1H3,(H2,21,22,23)/t13-/m0/s1. The lowest BCUT2D eigenvalue weighted by Gasteiger charge is -2.19. The second-order valence-electron chi connectivity index (χ2n) is 5.37. The van der Waals surface area contributed by atoms with Gasteiger partial charge in [0.25, 0.3) is 0 Å². The number of benzene rings is 3. The molecule has 0 fully saturated rings. The molecule has 0 radical (unpaired) electrons. The summed E-state index contributed by atoms with van der Waals surface area (Å²) >= 11 is 5.31. The van der Waals surface area contributed by atoms with Crippen LogP contribution in [-0.4, -0.2) is 5.11 Å². The molecule has 2 N–H and O–H groups in total. The topological polar surface area (TPSA) is 24.1 Å². The molecule has 0 aliphatic heterocycles. The zero-order chi connectivity index (χ0) is 16.2. The lowest BCUT2D eigenvalue weighted by molar-refractivity contribution is 0.631. The maximum Gasteiger partial charge on any atom is 0.171 e. The van der Waals surface area contributed by atoms with E-state index in [0.717, 1.165) is 5.56 Å². The highest BCUT2D eigenvalue weighted by atomic mass is 32.1. The van der Waals surface area contributed by atoms with Gasteiger partial charge in [0.2, 0.25) is 0 Å². The number of nitrogens with one attached hydrogen (secondary N) is 2. The number of fused-ring (bicyclic) bond motifs is 1. The van der Waals surface area contributed by atoms with Crippen LogP contribution in [0.1, 0.15) is 18.5 Å². The van der Waals surface area contributed by atoms with Gasteiger partial charge in [0, 0.05) is 0 Å². The molecule has 1 atom stereocenters. The van der Waals surface area contributed by atoms with Crippen molar-refractivity contribution >= 4 is 33.8 Å². The number of thiocarbonyl (C=S) groups is 1. The lowest BCUT2D eigenvalue weighted by Crippen LogP contribution is -2.31. The first-order valence-electron chi connectivity index (χ1n) is 7.45. The van der Waals surface area contributed by atoms with Crippen LogP contribution in [0.15, 0.2) is 66.7 Å². The Hall–Kier alpha value is -2.46. The molecule has 0 saturated heterocycles. The third-order valence-corrected chi connectivity index (χ3v) is 3.98. The van der Waals surface area contributed by atoms with Crippen molar-refractivity contribution in [1.29, 1.82) is 0 Å². The number of anilines is 1. The van der Waals surface area contributed by atoms with E-state index in [4.69, 9.17) is 12.2 Å². The van der Waals surface area contributed by atoms with Crippen molar-refractivity contribution in [3.05, 3.63) is 78.1 Å². The molecule has 0 aliphatic rings. The van der Waals surface area contributed by atoms with Crippen molar-refractivity contribution in [2.24, 2.45) is 0 Å². The zero-order valence-electron chi connectivity index (χ0n) is 12.7. The minimum Gasteiger partial charge on any atom is -0.356 e. The highest BCUT2D eigenvalue weighted by Gasteiger charge is 2.11. The van der Waals surface area contributed by atoms with Gasteiger partial charge < -0.3 is 10.6 Å². The van der Waals surface area contributed by atoms with Crippen molar-refractivity contribution in [3.63, 3.8) is 0 Å². The monoisotopic (exact) mass is 324 g/mol. The summed E-state index contributed by atoms with van der Waals surface area (Å²) in [7, 11) is 0. The Morgan fingerprint density at radius 2 is 1.65 bits per heavy atom. The summed E-state index contributed by atoms with van der Waals surface area (Å²) in [5.41, 5.74) is 1.52. The summed E-state index contributed by atoms with van der Waals surface area (Å²) in [6.45, 7) is 2.04. The van der Waals surface area contributed by atoms with E-state index >= 15 is 0 Å². The van der Waals surface area contributed by atoms with Gasteiger partial charge in [-0.2, -0.15) is 0 Å². The largest absolute Gasteiger partial charge is 0.356 e. The van der Waals surface area contributed by atoms with Crippen molar-refractivity contribution < 1.29 is 4.39 Å². The first-order valence-corrected chi connectivity index (χ1v) is 7.85. The van der Waals surface area contributed by atoms with E-state index in [1.165, 1.54) is 16.8 Å². The maximum atomic E-state index is 13.7. The molecule has 0 heterocycles. The fourth-order valence-corrected chi connectivity index (χ4v) is 2.91. The fourth-order valence-electron chi connectivity index (χ4n) is 2.62. The van der Waals surface area contributed by atoms with E-state index in [1.807, 2.05) is 25.1 Å². The molecule has 0 saturated carbocycles. The van der Waals surface area contributed by atoms with Gasteiger partial charge in [0.1, 0.15) is 5.82 Å². The Morgan fingerprint density at radius 1 is 0.957 bits per heavy atom. The van der Waals surface area contributed by atoms with Crippen LogP contribution in [0.3, 0.4) is 0 Å². The van der Waals surface area contributed by atoms with Gasteiger partial charge >= 0.3 is 0 Å². The molecule has 0 bridgehead atoms. The maximum absolute atomic E-state index is 13.7. The Morgan fingerprint density at radius 3 is 2.48 bits per heavy atom. The van der Waals surface area contributed by atoms with Crippen LogP contribution in [0.4, 0.5) is 10.1 Å². The molecule has 0 unspecified atom stereocenters. The zero-order valence-corrected chi connectivity index (χ0v) is 13.5. The average molecular weight is 324 g/mol. The molecule has 3 aromatic carbocycles. The molecule has 3 aromatic rings. The fraction of sp³-hybridized carbons (Fsp3) is 0.105. The summed E-state index contributed by atoms with van der Waals surface area (Å²) in [5.74, 6) is -0.325. The average Bonchev–Trinajstić information content (AvgIpc) is 2.56.